The number of piperazine rings is 1. The monoisotopic (exact) mass is 397 g/mol. The van der Waals surface area contributed by atoms with Crippen LogP contribution < -0.4 is 16.0 Å². The minimum atomic E-state index is -0.0260. The van der Waals surface area contributed by atoms with Crippen LogP contribution in [0.4, 0.5) is 4.79 Å². The van der Waals surface area contributed by atoms with E-state index >= 15 is 0 Å². The van der Waals surface area contributed by atoms with Crippen molar-refractivity contribution in [1.82, 2.24) is 25.8 Å². The highest BCUT2D eigenvalue weighted by Crippen LogP contribution is 2.33. The van der Waals surface area contributed by atoms with Crippen molar-refractivity contribution in [3.63, 3.8) is 0 Å². The lowest BCUT2D eigenvalue weighted by Crippen LogP contribution is -2.46. The van der Waals surface area contributed by atoms with Gasteiger partial charge in [-0.15, -0.1) is 0 Å². The van der Waals surface area contributed by atoms with Crippen LogP contribution in [0.2, 0.25) is 0 Å². The number of thioether (sulfide) groups is 1. The maximum absolute atomic E-state index is 12.0. The average Bonchev–Trinajstić information content (AvgIpc) is 3.22. The number of fused-ring (bicyclic) bond motifs is 1. The highest BCUT2D eigenvalue weighted by atomic mass is 32.2. The van der Waals surface area contributed by atoms with Crippen LogP contribution in [0.5, 0.6) is 0 Å². The number of carbonyl (C=O) groups excluding carboxylic acids is 2. The summed E-state index contributed by atoms with van der Waals surface area (Å²) < 4.78 is 0. The van der Waals surface area contributed by atoms with Crippen LogP contribution in [-0.4, -0.2) is 90.6 Å². The number of hydrogen-bond donors (Lipinski definition) is 3. The number of carbonyl (C=O) groups is 2. The van der Waals surface area contributed by atoms with Gasteiger partial charge in [-0.25, -0.2) is 4.79 Å². The molecule has 0 radical (unpaired) electrons. The third kappa shape index (κ3) is 6.26. The number of hydrogen-bond acceptors (Lipinski definition) is 5. The van der Waals surface area contributed by atoms with Gasteiger partial charge in [-0.1, -0.05) is 13.3 Å². The second kappa shape index (κ2) is 10.5. The van der Waals surface area contributed by atoms with E-state index in [-0.39, 0.29) is 18.0 Å². The summed E-state index contributed by atoms with van der Waals surface area (Å²) in [5.74, 6) is 1.18. The van der Waals surface area contributed by atoms with Gasteiger partial charge in [0.2, 0.25) is 5.91 Å². The molecule has 0 bridgehead atoms. The molecule has 0 aliphatic carbocycles. The summed E-state index contributed by atoms with van der Waals surface area (Å²) >= 11 is 1.94. The number of rotatable bonds is 10. The SMILES string of the molecule is CCN1CCN(CCCNC(=O)CCCC[C@@H]2SC[C@@H]3NC(=O)N[C@@H]32)CC1. The van der Waals surface area contributed by atoms with E-state index in [2.05, 4.69) is 32.7 Å². The van der Waals surface area contributed by atoms with Crippen molar-refractivity contribution >= 4 is 23.7 Å². The fourth-order valence-electron chi connectivity index (χ4n) is 4.22. The molecule has 0 aromatic heterocycles. The zero-order valence-electron chi connectivity index (χ0n) is 16.5. The molecule has 0 aromatic carbocycles. The van der Waals surface area contributed by atoms with Crippen molar-refractivity contribution in [1.29, 1.82) is 0 Å². The highest BCUT2D eigenvalue weighted by molar-refractivity contribution is 8.00. The number of nitrogens with one attached hydrogen (secondary N) is 3. The fourth-order valence-corrected chi connectivity index (χ4v) is 5.77. The quantitative estimate of drug-likeness (QED) is 0.376. The molecular weight excluding hydrogens is 362 g/mol. The summed E-state index contributed by atoms with van der Waals surface area (Å²) in [7, 11) is 0. The van der Waals surface area contributed by atoms with Gasteiger partial charge in [0.05, 0.1) is 12.1 Å². The zero-order valence-corrected chi connectivity index (χ0v) is 17.4. The van der Waals surface area contributed by atoms with Crippen molar-refractivity contribution in [2.75, 3.05) is 51.6 Å². The molecule has 27 heavy (non-hydrogen) atoms. The van der Waals surface area contributed by atoms with Gasteiger partial charge < -0.3 is 25.8 Å². The molecule has 0 saturated carbocycles. The molecule has 3 saturated heterocycles. The Morgan fingerprint density at radius 3 is 2.70 bits per heavy atom. The third-order valence-electron chi connectivity index (χ3n) is 5.97. The topological polar surface area (TPSA) is 76.7 Å². The lowest BCUT2D eigenvalue weighted by atomic mass is 10.0. The van der Waals surface area contributed by atoms with E-state index in [0.717, 1.165) is 64.2 Å². The molecular formula is C19H35N5O2S. The summed E-state index contributed by atoms with van der Waals surface area (Å²) in [5.41, 5.74) is 0. The predicted molar refractivity (Wildman–Crippen MR) is 110 cm³/mol. The standard InChI is InChI=1S/C19H35N5O2S/c1-2-23-10-12-24(13-11-23)9-5-8-20-17(25)7-4-3-6-16-18-15(14-27-16)21-19(26)22-18/h15-16,18H,2-14H2,1H3,(H,20,25)(H2,21,22,26)/t15-,16-,18-/m0/s1. The Labute approximate surface area is 167 Å². The predicted octanol–water partition coefficient (Wildman–Crippen LogP) is 0.856. The van der Waals surface area contributed by atoms with Crippen LogP contribution in [0.25, 0.3) is 0 Å². The van der Waals surface area contributed by atoms with Gasteiger partial charge in [0.25, 0.3) is 0 Å². The Hall–Kier alpha value is -0.990. The molecule has 0 aromatic rings. The van der Waals surface area contributed by atoms with Crippen LogP contribution in [0.15, 0.2) is 0 Å². The molecule has 3 atom stereocenters. The van der Waals surface area contributed by atoms with E-state index in [1.54, 1.807) is 0 Å². The second-order valence-electron chi connectivity index (χ2n) is 7.85. The summed E-state index contributed by atoms with van der Waals surface area (Å²) in [6.07, 6.45) is 4.70. The Kier molecular flexibility index (Phi) is 8.08. The normalized spacial score (nSPS) is 28.6. The maximum Gasteiger partial charge on any atom is 0.315 e. The van der Waals surface area contributed by atoms with Gasteiger partial charge in [-0.05, 0) is 32.4 Å². The minimum absolute atomic E-state index is 0.0260. The van der Waals surface area contributed by atoms with Crippen LogP contribution in [0.1, 0.15) is 39.0 Å². The molecule has 0 spiro atoms. The van der Waals surface area contributed by atoms with Crippen molar-refractivity contribution in [2.24, 2.45) is 0 Å². The molecule has 3 fully saturated rings. The molecule has 3 aliphatic heterocycles. The number of likely N-dealkylation sites (N-methyl/N-ethyl adjacent to an activating group) is 1. The first-order valence-electron chi connectivity index (χ1n) is 10.6. The molecule has 3 aliphatic rings. The number of urea groups is 1. The molecule has 3 N–H and O–H groups in total. The molecule has 0 unspecified atom stereocenters. The molecule has 3 amide bonds. The van der Waals surface area contributed by atoms with Crippen molar-refractivity contribution in [3.05, 3.63) is 0 Å². The molecule has 7 nitrogen and oxygen atoms in total. The van der Waals surface area contributed by atoms with Crippen molar-refractivity contribution in [2.45, 2.75) is 56.4 Å². The average molecular weight is 398 g/mol. The van der Waals surface area contributed by atoms with Gasteiger partial charge in [-0.3, -0.25) is 4.79 Å². The van der Waals surface area contributed by atoms with E-state index in [0.29, 0.717) is 17.7 Å². The number of nitrogens with zero attached hydrogens (tertiary/aromatic N) is 2. The van der Waals surface area contributed by atoms with Crippen LogP contribution in [0.3, 0.4) is 0 Å². The van der Waals surface area contributed by atoms with E-state index in [9.17, 15) is 9.59 Å². The summed E-state index contributed by atoms with van der Waals surface area (Å²) in [6.45, 7) is 9.88. The Morgan fingerprint density at radius 2 is 1.93 bits per heavy atom. The summed E-state index contributed by atoms with van der Waals surface area (Å²) in [6, 6.07) is 0.540. The molecule has 3 heterocycles. The molecule has 8 heteroatoms. The maximum atomic E-state index is 12.0. The van der Waals surface area contributed by atoms with E-state index in [1.165, 1.54) is 13.1 Å². The van der Waals surface area contributed by atoms with Crippen molar-refractivity contribution in [3.8, 4) is 0 Å². The van der Waals surface area contributed by atoms with Crippen molar-refractivity contribution < 1.29 is 9.59 Å². The first-order valence-corrected chi connectivity index (χ1v) is 11.6. The Morgan fingerprint density at radius 1 is 1.15 bits per heavy atom. The smallest absolute Gasteiger partial charge is 0.315 e. The Bertz CT molecular complexity index is 498. The van der Waals surface area contributed by atoms with Crippen LogP contribution in [-0.2, 0) is 4.79 Å². The van der Waals surface area contributed by atoms with Crippen LogP contribution >= 0.6 is 11.8 Å². The molecule has 154 valence electrons. The first-order chi connectivity index (χ1) is 13.2. The first kappa shape index (κ1) is 20.7. The zero-order chi connectivity index (χ0) is 19.1. The van der Waals surface area contributed by atoms with Gasteiger partial charge in [0.1, 0.15) is 0 Å². The van der Waals surface area contributed by atoms with E-state index < -0.39 is 0 Å². The van der Waals surface area contributed by atoms with Gasteiger partial charge in [0, 0.05) is 50.1 Å². The largest absolute Gasteiger partial charge is 0.356 e. The van der Waals surface area contributed by atoms with Gasteiger partial charge in [-0.2, -0.15) is 11.8 Å². The Balaban J connectivity index is 1.17. The minimum Gasteiger partial charge on any atom is -0.356 e. The molecule has 3 rings (SSSR count). The van der Waals surface area contributed by atoms with Gasteiger partial charge >= 0.3 is 6.03 Å². The fraction of sp³-hybridized carbons (Fsp3) is 0.895. The summed E-state index contributed by atoms with van der Waals surface area (Å²) in [5, 5.41) is 9.55. The van der Waals surface area contributed by atoms with E-state index in [4.69, 9.17) is 0 Å². The number of unbranched alkanes of at least 4 members (excludes halogenated alkanes) is 1. The van der Waals surface area contributed by atoms with Crippen LogP contribution in [0, 0.1) is 0 Å². The highest BCUT2D eigenvalue weighted by Gasteiger charge is 2.42. The lowest BCUT2D eigenvalue weighted by Gasteiger charge is -2.33. The summed E-state index contributed by atoms with van der Waals surface area (Å²) in [4.78, 5) is 28.4. The lowest BCUT2D eigenvalue weighted by molar-refractivity contribution is -0.121. The second-order valence-corrected chi connectivity index (χ2v) is 9.12. The third-order valence-corrected chi connectivity index (χ3v) is 7.47. The van der Waals surface area contributed by atoms with E-state index in [1.807, 2.05) is 11.8 Å². The van der Waals surface area contributed by atoms with Gasteiger partial charge in [0.15, 0.2) is 0 Å². The number of amides is 3.